The number of ether oxygens (including phenoxy) is 1. The third-order valence-corrected chi connectivity index (χ3v) is 2.91. The first-order valence-electron chi connectivity index (χ1n) is 5.86. The second-order valence-electron chi connectivity index (χ2n) is 4.42. The Labute approximate surface area is 106 Å². The van der Waals surface area contributed by atoms with Crippen LogP contribution in [-0.4, -0.2) is 25.6 Å². The smallest absolute Gasteiger partial charge is 0.328 e. The van der Waals surface area contributed by atoms with Crippen LogP contribution in [0.15, 0.2) is 24.3 Å². The molecule has 1 atom stereocenters. The summed E-state index contributed by atoms with van der Waals surface area (Å²) in [4.78, 5) is 25.1. The van der Waals surface area contributed by atoms with Crippen molar-refractivity contribution in [1.82, 2.24) is 5.32 Å². The standard InChI is InChI=1S/C13H16N2O3/c1-9-7-12(16)15(13(17)14-8-9)10-3-5-11(18-2)6-4-10/h3-6,9H,7-8H2,1-2H3,(H,14,17). The summed E-state index contributed by atoms with van der Waals surface area (Å²) in [5, 5.41) is 2.74. The monoisotopic (exact) mass is 248 g/mol. The number of hydrogen-bond donors (Lipinski definition) is 1. The Bertz CT molecular complexity index is 456. The lowest BCUT2D eigenvalue weighted by atomic mass is 10.1. The van der Waals surface area contributed by atoms with Gasteiger partial charge in [0, 0.05) is 13.0 Å². The van der Waals surface area contributed by atoms with Crippen LogP contribution in [0.5, 0.6) is 5.75 Å². The average Bonchev–Trinajstić information content (AvgIpc) is 2.49. The molecule has 18 heavy (non-hydrogen) atoms. The van der Waals surface area contributed by atoms with Crippen LogP contribution in [0.4, 0.5) is 10.5 Å². The Hall–Kier alpha value is -2.04. The number of carbonyl (C=O) groups is 2. The zero-order valence-electron chi connectivity index (χ0n) is 10.5. The lowest BCUT2D eigenvalue weighted by molar-refractivity contribution is -0.118. The Kier molecular flexibility index (Phi) is 3.50. The summed E-state index contributed by atoms with van der Waals surface area (Å²) in [5.74, 6) is 0.669. The number of carbonyl (C=O) groups excluding carboxylic acids is 2. The molecular weight excluding hydrogens is 232 g/mol. The summed E-state index contributed by atoms with van der Waals surface area (Å²) in [6.07, 6.45) is 0.366. The maximum absolute atomic E-state index is 12.0. The van der Waals surface area contributed by atoms with Crippen LogP contribution in [0.1, 0.15) is 13.3 Å². The minimum absolute atomic E-state index is 0.157. The van der Waals surface area contributed by atoms with E-state index in [4.69, 9.17) is 4.74 Å². The second-order valence-corrected chi connectivity index (χ2v) is 4.42. The van der Waals surface area contributed by atoms with Crippen molar-refractivity contribution in [1.29, 1.82) is 0 Å². The summed E-state index contributed by atoms with van der Waals surface area (Å²) >= 11 is 0. The molecule has 1 aromatic rings. The number of rotatable bonds is 2. The SMILES string of the molecule is COc1ccc(N2C(=O)CC(C)CNC2=O)cc1. The summed E-state index contributed by atoms with van der Waals surface area (Å²) < 4.78 is 5.05. The van der Waals surface area contributed by atoms with E-state index in [2.05, 4.69) is 5.32 Å². The largest absolute Gasteiger partial charge is 0.497 e. The molecule has 3 amide bonds. The third-order valence-electron chi connectivity index (χ3n) is 2.91. The molecule has 0 bridgehead atoms. The molecule has 1 unspecified atom stereocenters. The molecule has 5 nitrogen and oxygen atoms in total. The molecule has 1 aliphatic heterocycles. The van der Waals surface area contributed by atoms with E-state index >= 15 is 0 Å². The van der Waals surface area contributed by atoms with E-state index in [0.717, 1.165) is 0 Å². The first-order valence-corrected chi connectivity index (χ1v) is 5.86. The zero-order valence-corrected chi connectivity index (χ0v) is 10.5. The van der Waals surface area contributed by atoms with Gasteiger partial charge in [0.1, 0.15) is 5.75 Å². The van der Waals surface area contributed by atoms with Gasteiger partial charge >= 0.3 is 6.03 Å². The van der Waals surface area contributed by atoms with Gasteiger partial charge in [-0.25, -0.2) is 9.69 Å². The molecule has 1 heterocycles. The molecule has 1 aliphatic rings. The summed E-state index contributed by atoms with van der Waals surface area (Å²) in [5.41, 5.74) is 0.562. The van der Waals surface area contributed by atoms with Crippen molar-refractivity contribution in [3.8, 4) is 5.75 Å². The van der Waals surface area contributed by atoms with E-state index in [-0.39, 0.29) is 17.9 Å². The molecule has 96 valence electrons. The molecule has 1 fully saturated rings. The molecule has 1 aromatic carbocycles. The highest BCUT2D eigenvalue weighted by molar-refractivity contribution is 6.14. The van der Waals surface area contributed by atoms with Crippen LogP contribution < -0.4 is 15.0 Å². The van der Waals surface area contributed by atoms with Crippen LogP contribution in [0, 0.1) is 5.92 Å². The first kappa shape index (κ1) is 12.4. The summed E-state index contributed by atoms with van der Waals surface area (Å²) in [7, 11) is 1.57. The molecule has 2 rings (SSSR count). The van der Waals surface area contributed by atoms with E-state index in [9.17, 15) is 9.59 Å². The van der Waals surface area contributed by atoms with Crippen molar-refractivity contribution in [2.24, 2.45) is 5.92 Å². The van der Waals surface area contributed by atoms with Gasteiger partial charge in [-0.3, -0.25) is 4.79 Å². The quantitative estimate of drug-likeness (QED) is 0.867. The number of nitrogens with zero attached hydrogens (tertiary/aromatic N) is 1. The number of amides is 3. The molecule has 0 saturated carbocycles. The van der Waals surface area contributed by atoms with Gasteiger partial charge in [0.25, 0.3) is 0 Å². The summed E-state index contributed by atoms with van der Waals surface area (Å²) in [6.45, 7) is 2.47. The molecule has 0 aliphatic carbocycles. The van der Waals surface area contributed by atoms with E-state index in [1.54, 1.807) is 31.4 Å². The van der Waals surface area contributed by atoms with Crippen molar-refractivity contribution in [2.45, 2.75) is 13.3 Å². The Balaban J connectivity index is 2.28. The highest BCUT2D eigenvalue weighted by Gasteiger charge is 2.28. The van der Waals surface area contributed by atoms with Gasteiger partial charge < -0.3 is 10.1 Å². The number of imide groups is 1. The summed E-state index contributed by atoms with van der Waals surface area (Å²) in [6, 6.07) is 6.49. The fourth-order valence-electron chi connectivity index (χ4n) is 1.91. The topological polar surface area (TPSA) is 58.6 Å². The highest BCUT2D eigenvalue weighted by Crippen LogP contribution is 2.22. The Morgan fingerprint density at radius 1 is 1.28 bits per heavy atom. The molecule has 1 saturated heterocycles. The van der Waals surface area contributed by atoms with Crippen molar-refractivity contribution in [2.75, 3.05) is 18.6 Å². The maximum Gasteiger partial charge on any atom is 0.328 e. The lowest BCUT2D eigenvalue weighted by Gasteiger charge is -2.18. The highest BCUT2D eigenvalue weighted by atomic mass is 16.5. The van der Waals surface area contributed by atoms with Crippen LogP contribution in [0.3, 0.4) is 0 Å². The van der Waals surface area contributed by atoms with E-state index in [1.165, 1.54) is 4.90 Å². The lowest BCUT2D eigenvalue weighted by Crippen LogP contribution is -2.41. The minimum Gasteiger partial charge on any atom is -0.497 e. The normalized spacial score (nSPS) is 20.3. The van der Waals surface area contributed by atoms with Crippen molar-refractivity contribution in [3.63, 3.8) is 0 Å². The van der Waals surface area contributed by atoms with E-state index in [0.29, 0.717) is 24.4 Å². The van der Waals surface area contributed by atoms with Gasteiger partial charge in [0.15, 0.2) is 0 Å². The minimum atomic E-state index is -0.366. The molecule has 5 heteroatoms. The van der Waals surface area contributed by atoms with Gasteiger partial charge in [0.2, 0.25) is 5.91 Å². The Morgan fingerprint density at radius 2 is 1.94 bits per heavy atom. The molecular formula is C13H16N2O3. The number of methoxy groups -OCH3 is 1. The zero-order chi connectivity index (χ0) is 13.1. The molecule has 0 radical (unpaired) electrons. The van der Waals surface area contributed by atoms with Gasteiger partial charge in [-0.2, -0.15) is 0 Å². The van der Waals surface area contributed by atoms with Gasteiger partial charge in [-0.15, -0.1) is 0 Å². The fourth-order valence-corrected chi connectivity index (χ4v) is 1.91. The van der Waals surface area contributed by atoms with Crippen LogP contribution >= 0.6 is 0 Å². The number of urea groups is 1. The number of hydrogen-bond acceptors (Lipinski definition) is 3. The Morgan fingerprint density at radius 3 is 2.56 bits per heavy atom. The van der Waals surface area contributed by atoms with Gasteiger partial charge in [-0.1, -0.05) is 6.92 Å². The number of nitrogens with one attached hydrogen (secondary N) is 1. The average molecular weight is 248 g/mol. The van der Waals surface area contributed by atoms with Crippen LogP contribution in [0.2, 0.25) is 0 Å². The van der Waals surface area contributed by atoms with E-state index < -0.39 is 0 Å². The predicted molar refractivity (Wildman–Crippen MR) is 67.7 cm³/mol. The fraction of sp³-hybridized carbons (Fsp3) is 0.385. The van der Waals surface area contributed by atoms with Crippen molar-refractivity contribution in [3.05, 3.63) is 24.3 Å². The van der Waals surface area contributed by atoms with E-state index in [1.807, 2.05) is 6.92 Å². The predicted octanol–water partition coefficient (Wildman–Crippen LogP) is 1.78. The van der Waals surface area contributed by atoms with Crippen LogP contribution in [0.25, 0.3) is 0 Å². The molecule has 1 N–H and O–H groups in total. The van der Waals surface area contributed by atoms with Crippen LogP contribution in [-0.2, 0) is 4.79 Å². The first-order chi connectivity index (χ1) is 8.61. The number of benzene rings is 1. The second kappa shape index (κ2) is 5.08. The molecule has 0 aromatic heterocycles. The maximum atomic E-state index is 12.0. The van der Waals surface area contributed by atoms with Gasteiger partial charge in [0.05, 0.1) is 12.8 Å². The molecule has 0 spiro atoms. The number of anilines is 1. The van der Waals surface area contributed by atoms with Gasteiger partial charge in [-0.05, 0) is 30.2 Å². The van der Waals surface area contributed by atoms with Crippen molar-refractivity contribution < 1.29 is 14.3 Å². The third kappa shape index (κ3) is 2.45. The van der Waals surface area contributed by atoms with Crippen molar-refractivity contribution >= 4 is 17.6 Å².